The van der Waals surface area contributed by atoms with Crippen LogP contribution in [-0.4, -0.2) is 44.6 Å². The number of piperidine rings is 1. The molecule has 0 spiro atoms. The molecule has 2 atom stereocenters. The van der Waals surface area contributed by atoms with Crippen LogP contribution in [0.4, 0.5) is 5.69 Å². The second-order valence-corrected chi connectivity index (χ2v) is 6.21. The minimum Gasteiger partial charge on any atom is -0.391 e. The van der Waals surface area contributed by atoms with Crippen LogP contribution in [0.15, 0.2) is 24.3 Å². The first-order chi connectivity index (χ1) is 10.7. The highest BCUT2D eigenvalue weighted by Crippen LogP contribution is 2.22. The Labute approximate surface area is 134 Å². The number of anilines is 1. The fraction of sp³-hybridized carbons (Fsp3) is 0.667. The summed E-state index contributed by atoms with van der Waals surface area (Å²) in [6, 6.07) is 9.20. The molecule has 4 heteroatoms. The third kappa shape index (κ3) is 5.27. The van der Waals surface area contributed by atoms with Gasteiger partial charge in [0.15, 0.2) is 0 Å². The van der Waals surface area contributed by atoms with E-state index in [0.29, 0.717) is 19.1 Å². The molecule has 1 aliphatic rings. The van der Waals surface area contributed by atoms with Crippen molar-refractivity contribution in [2.24, 2.45) is 0 Å². The number of benzene rings is 1. The molecule has 0 saturated carbocycles. The Balaban J connectivity index is 1.79. The largest absolute Gasteiger partial charge is 0.391 e. The lowest BCUT2D eigenvalue weighted by molar-refractivity contribution is 0.0590. The lowest BCUT2D eigenvalue weighted by atomic mass is 10.1. The molecule has 0 amide bonds. The first-order valence-corrected chi connectivity index (χ1v) is 8.46. The SMILES string of the molecule is COCC(O)CCNC(C)c1ccc(N2CCCCC2)cc1. The number of hydrogen-bond acceptors (Lipinski definition) is 4. The summed E-state index contributed by atoms with van der Waals surface area (Å²) in [5, 5.41) is 13.1. The Morgan fingerprint density at radius 1 is 1.18 bits per heavy atom. The van der Waals surface area contributed by atoms with Gasteiger partial charge in [-0.15, -0.1) is 0 Å². The maximum atomic E-state index is 9.64. The van der Waals surface area contributed by atoms with Crippen LogP contribution in [0.1, 0.15) is 44.2 Å². The van der Waals surface area contributed by atoms with E-state index in [9.17, 15) is 5.11 Å². The summed E-state index contributed by atoms with van der Waals surface area (Å²) in [7, 11) is 1.61. The smallest absolute Gasteiger partial charge is 0.0785 e. The van der Waals surface area contributed by atoms with Gasteiger partial charge < -0.3 is 20.1 Å². The summed E-state index contributed by atoms with van der Waals surface area (Å²) in [6.07, 6.45) is 4.31. The standard InChI is InChI=1S/C18H30N2O2/c1-15(19-11-10-18(21)14-22-2)16-6-8-17(9-7-16)20-12-4-3-5-13-20/h6-9,15,18-19,21H,3-5,10-14H2,1-2H3. The van der Waals surface area contributed by atoms with Crippen molar-refractivity contribution in [2.75, 3.05) is 38.3 Å². The number of aliphatic hydroxyl groups excluding tert-OH is 1. The van der Waals surface area contributed by atoms with Gasteiger partial charge in [0.05, 0.1) is 12.7 Å². The maximum absolute atomic E-state index is 9.64. The summed E-state index contributed by atoms with van der Waals surface area (Å²) < 4.78 is 4.93. The van der Waals surface area contributed by atoms with Crippen molar-refractivity contribution in [1.82, 2.24) is 5.32 Å². The monoisotopic (exact) mass is 306 g/mol. The lowest BCUT2D eigenvalue weighted by Gasteiger charge is -2.29. The normalized spacial score (nSPS) is 18.2. The van der Waals surface area contributed by atoms with Gasteiger partial charge in [0.25, 0.3) is 0 Å². The van der Waals surface area contributed by atoms with Crippen LogP contribution < -0.4 is 10.2 Å². The van der Waals surface area contributed by atoms with Crippen molar-refractivity contribution in [2.45, 2.75) is 44.8 Å². The molecular weight excluding hydrogens is 276 g/mol. The highest BCUT2D eigenvalue weighted by Gasteiger charge is 2.12. The zero-order valence-electron chi connectivity index (χ0n) is 13.9. The predicted molar refractivity (Wildman–Crippen MR) is 91.4 cm³/mol. The summed E-state index contributed by atoms with van der Waals surface area (Å²) in [5.74, 6) is 0. The quantitative estimate of drug-likeness (QED) is 0.775. The molecule has 0 bridgehead atoms. The number of nitrogens with zero attached hydrogens (tertiary/aromatic N) is 1. The van der Waals surface area contributed by atoms with Gasteiger partial charge in [-0.3, -0.25) is 0 Å². The van der Waals surface area contributed by atoms with Gasteiger partial charge in [0.1, 0.15) is 0 Å². The van der Waals surface area contributed by atoms with Gasteiger partial charge in [-0.1, -0.05) is 12.1 Å². The highest BCUT2D eigenvalue weighted by molar-refractivity contribution is 5.48. The number of methoxy groups -OCH3 is 1. The van der Waals surface area contributed by atoms with Crippen LogP contribution in [0.2, 0.25) is 0 Å². The zero-order chi connectivity index (χ0) is 15.8. The fourth-order valence-corrected chi connectivity index (χ4v) is 2.99. The second-order valence-electron chi connectivity index (χ2n) is 6.21. The Morgan fingerprint density at radius 2 is 1.86 bits per heavy atom. The molecule has 1 saturated heterocycles. The van der Waals surface area contributed by atoms with Crippen molar-refractivity contribution < 1.29 is 9.84 Å². The Bertz CT molecular complexity index is 416. The molecule has 1 aliphatic heterocycles. The van der Waals surface area contributed by atoms with Crippen LogP contribution in [-0.2, 0) is 4.74 Å². The summed E-state index contributed by atoms with van der Waals surface area (Å²) in [4.78, 5) is 2.48. The fourth-order valence-electron chi connectivity index (χ4n) is 2.99. The van der Waals surface area contributed by atoms with Gasteiger partial charge in [0, 0.05) is 31.9 Å². The van der Waals surface area contributed by atoms with E-state index in [0.717, 1.165) is 6.54 Å². The number of rotatable bonds is 8. The van der Waals surface area contributed by atoms with Crippen LogP contribution in [0.5, 0.6) is 0 Å². The first kappa shape index (κ1) is 17.3. The van der Waals surface area contributed by atoms with Crippen LogP contribution in [0.25, 0.3) is 0 Å². The van der Waals surface area contributed by atoms with Crippen molar-refractivity contribution in [3.63, 3.8) is 0 Å². The molecule has 0 aromatic heterocycles. The molecule has 1 fully saturated rings. The molecule has 0 radical (unpaired) electrons. The van der Waals surface area contributed by atoms with Gasteiger partial charge in [-0.2, -0.15) is 0 Å². The predicted octanol–water partition coefficient (Wildman–Crippen LogP) is 2.72. The summed E-state index contributed by atoms with van der Waals surface area (Å²) in [5.41, 5.74) is 2.63. The van der Waals surface area contributed by atoms with Crippen molar-refractivity contribution >= 4 is 5.69 Å². The van der Waals surface area contributed by atoms with Crippen LogP contribution in [0, 0.1) is 0 Å². The van der Waals surface area contributed by atoms with Gasteiger partial charge in [0.2, 0.25) is 0 Å². The Morgan fingerprint density at radius 3 is 2.50 bits per heavy atom. The third-order valence-corrected chi connectivity index (χ3v) is 4.40. The van der Waals surface area contributed by atoms with E-state index >= 15 is 0 Å². The number of ether oxygens (including phenoxy) is 1. The topological polar surface area (TPSA) is 44.7 Å². The Hall–Kier alpha value is -1.10. The number of aliphatic hydroxyl groups is 1. The number of hydrogen-bond donors (Lipinski definition) is 2. The zero-order valence-corrected chi connectivity index (χ0v) is 13.9. The number of nitrogens with one attached hydrogen (secondary N) is 1. The van der Waals surface area contributed by atoms with E-state index < -0.39 is 0 Å². The average Bonchev–Trinajstić information content (AvgIpc) is 2.56. The first-order valence-electron chi connectivity index (χ1n) is 8.46. The molecule has 1 aromatic rings. The molecular formula is C18H30N2O2. The van der Waals surface area contributed by atoms with Crippen molar-refractivity contribution in [3.8, 4) is 0 Å². The van der Waals surface area contributed by atoms with E-state index in [1.807, 2.05) is 0 Å². The molecule has 22 heavy (non-hydrogen) atoms. The lowest BCUT2D eigenvalue weighted by Crippen LogP contribution is -2.29. The molecule has 2 unspecified atom stereocenters. The molecule has 4 nitrogen and oxygen atoms in total. The van der Waals surface area contributed by atoms with Crippen LogP contribution in [0.3, 0.4) is 0 Å². The van der Waals surface area contributed by atoms with Crippen LogP contribution >= 0.6 is 0 Å². The average molecular weight is 306 g/mol. The summed E-state index contributed by atoms with van der Waals surface area (Å²) in [6.45, 7) is 5.73. The Kier molecular flexibility index (Phi) is 7.16. The van der Waals surface area contributed by atoms with E-state index in [2.05, 4.69) is 41.4 Å². The van der Waals surface area contributed by atoms with E-state index in [1.54, 1.807) is 7.11 Å². The minimum absolute atomic E-state index is 0.296. The van der Waals surface area contributed by atoms with E-state index in [1.165, 1.54) is 43.6 Å². The van der Waals surface area contributed by atoms with E-state index in [4.69, 9.17) is 4.74 Å². The highest BCUT2D eigenvalue weighted by atomic mass is 16.5. The van der Waals surface area contributed by atoms with Gasteiger partial charge in [-0.05, 0) is 56.8 Å². The molecule has 2 N–H and O–H groups in total. The summed E-state index contributed by atoms with van der Waals surface area (Å²) >= 11 is 0. The van der Waals surface area contributed by atoms with E-state index in [-0.39, 0.29) is 6.10 Å². The van der Waals surface area contributed by atoms with Crippen molar-refractivity contribution in [1.29, 1.82) is 0 Å². The molecule has 1 heterocycles. The van der Waals surface area contributed by atoms with Gasteiger partial charge in [-0.25, -0.2) is 0 Å². The molecule has 1 aromatic carbocycles. The van der Waals surface area contributed by atoms with Crippen molar-refractivity contribution in [3.05, 3.63) is 29.8 Å². The molecule has 0 aliphatic carbocycles. The third-order valence-electron chi connectivity index (χ3n) is 4.40. The maximum Gasteiger partial charge on any atom is 0.0785 e. The van der Waals surface area contributed by atoms with Gasteiger partial charge >= 0.3 is 0 Å². The minimum atomic E-state index is -0.383. The molecule has 124 valence electrons. The second kappa shape index (κ2) is 9.13. The molecule has 2 rings (SSSR count).